The number of benzene rings is 2. The van der Waals surface area contributed by atoms with Crippen molar-refractivity contribution in [1.29, 1.82) is 0 Å². The predicted molar refractivity (Wildman–Crippen MR) is 86.4 cm³/mol. The Morgan fingerprint density at radius 1 is 1.00 bits per heavy atom. The molecule has 2 aromatic rings. The van der Waals surface area contributed by atoms with Gasteiger partial charge in [0.25, 0.3) is 5.91 Å². The van der Waals surface area contributed by atoms with E-state index in [1.54, 1.807) is 43.5 Å². The predicted octanol–water partition coefficient (Wildman–Crippen LogP) is 3.21. The van der Waals surface area contributed by atoms with Crippen LogP contribution in [0, 0.1) is 6.92 Å². The molecule has 0 atom stereocenters. The number of carbonyl (C=O) groups is 2. The van der Waals surface area contributed by atoms with E-state index >= 15 is 0 Å². The molecule has 0 unspecified atom stereocenters. The van der Waals surface area contributed by atoms with Crippen LogP contribution in [0.25, 0.3) is 0 Å². The maximum absolute atomic E-state index is 12.2. The number of methoxy groups -OCH3 is 1. The second-order valence-corrected chi connectivity index (χ2v) is 4.89. The van der Waals surface area contributed by atoms with Gasteiger partial charge in [-0.15, -0.1) is 0 Å². The fraction of sp³-hybridized carbons (Fsp3) is 0.176. The van der Waals surface area contributed by atoms with Crippen molar-refractivity contribution in [3.63, 3.8) is 0 Å². The van der Waals surface area contributed by atoms with Gasteiger partial charge in [-0.2, -0.15) is 0 Å². The summed E-state index contributed by atoms with van der Waals surface area (Å²) in [6, 6.07) is 12.2. The summed E-state index contributed by atoms with van der Waals surface area (Å²) in [6.07, 6.45) is 0. The molecule has 0 bridgehead atoms. The SMILES string of the molecule is COc1ccc(C(=O)Nc2ccc(NC(C)=O)c(C)c2)cc1. The Labute approximate surface area is 129 Å². The molecule has 0 fully saturated rings. The largest absolute Gasteiger partial charge is 0.497 e. The van der Waals surface area contributed by atoms with Gasteiger partial charge < -0.3 is 15.4 Å². The van der Waals surface area contributed by atoms with Crippen molar-refractivity contribution in [2.45, 2.75) is 13.8 Å². The smallest absolute Gasteiger partial charge is 0.255 e. The summed E-state index contributed by atoms with van der Waals surface area (Å²) in [5.74, 6) is 0.375. The summed E-state index contributed by atoms with van der Waals surface area (Å²) in [4.78, 5) is 23.2. The van der Waals surface area contributed by atoms with Crippen molar-refractivity contribution in [1.82, 2.24) is 0 Å². The van der Waals surface area contributed by atoms with Gasteiger partial charge in [-0.05, 0) is 55.0 Å². The molecule has 0 aliphatic heterocycles. The van der Waals surface area contributed by atoms with Crippen LogP contribution in [0.5, 0.6) is 5.75 Å². The molecule has 5 nitrogen and oxygen atoms in total. The molecule has 2 aromatic carbocycles. The molecule has 2 rings (SSSR count). The molecule has 0 radical (unpaired) electrons. The normalized spacial score (nSPS) is 9.95. The first-order chi connectivity index (χ1) is 10.5. The number of carbonyl (C=O) groups excluding carboxylic acids is 2. The fourth-order valence-corrected chi connectivity index (χ4v) is 2.02. The highest BCUT2D eigenvalue weighted by Crippen LogP contribution is 2.20. The molecular weight excluding hydrogens is 280 g/mol. The van der Waals surface area contributed by atoms with Gasteiger partial charge in [0.2, 0.25) is 5.91 Å². The maximum Gasteiger partial charge on any atom is 0.255 e. The second kappa shape index (κ2) is 6.76. The highest BCUT2D eigenvalue weighted by Gasteiger charge is 2.08. The molecule has 0 aliphatic rings. The van der Waals surface area contributed by atoms with E-state index in [2.05, 4.69) is 10.6 Å². The molecule has 0 saturated carbocycles. The first-order valence-corrected chi connectivity index (χ1v) is 6.83. The average Bonchev–Trinajstić information content (AvgIpc) is 2.49. The average molecular weight is 298 g/mol. The van der Waals surface area contributed by atoms with Gasteiger partial charge in [0.05, 0.1) is 7.11 Å². The Morgan fingerprint density at radius 3 is 2.23 bits per heavy atom. The molecule has 114 valence electrons. The summed E-state index contributed by atoms with van der Waals surface area (Å²) >= 11 is 0. The molecule has 0 heterocycles. The summed E-state index contributed by atoms with van der Waals surface area (Å²) < 4.78 is 5.06. The zero-order valence-corrected chi connectivity index (χ0v) is 12.8. The number of amides is 2. The van der Waals surface area contributed by atoms with E-state index in [1.165, 1.54) is 6.92 Å². The van der Waals surface area contributed by atoms with E-state index in [0.717, 1.165) is 11.3 Å². The van der Waals surface area contributed by atoms with Gasteiger partial charge in [-0.3, -0.25) is 9.59 Å². The van der Waals surface area contributed by atoms with Crippen molar-refractivity contribution >= 4 is 23.2 Å². The van der Waals surface area contributed by atoms with Crippen molar-refractivity contribution in [2.24, 2.45) is 0 Å². The number of aryl methyl sites for hydroxylation is 1. The van der Waals surface area contributed by atoms with E-state index in [4.69, 9.17) is 4.74 Å². The van der Waals surface area contributed by atoms with Gasteiger partial charge in [0, 0.05) is 23.9 Å². The van der Waals surface area contributed by atoms with Gasteiger partial charge in [0.1, 0.15) is 5.75 Å². The number of hydrogen-bond donors (Lipinski definition) is 2. The van der Waals surface area contributed by atoms with Gasteiger partial charge in [-0.1, -0.05) is 0 Å². The molecule has 0 spiro atoms. The minimum absolute atomic E-state index is 0.127. The molecule has 0 aromatic heterocycles. The molecule has 0 aliphatic carbocycles. The number of rotatable bonds is 4. The van der Waals surface area contributed by atoms with Crippen LogP contribution in [-0.4, -0.2) is 18.9 Å². The van der Waals surface area contributed by atoms with Gasteiger partial charge >= 0.3 is 0 Å². The van der Waals surface area contributed by atoms with Crippen LogP contribution < -0.4 is 15.4 Å². The zero-order valence-electron chi connectivity index (χ0n) is 12.8. The third-order valence-corrected chi connectivity index (χ3v) is 3.15. The lowest BCUT2D eigenvalue weighted by molar-refractivity contribution is -0.114. The first-order valence-electron chi connectivity index (χ1n) is 6.83. The van der Waals surface area contributed by atoms with Gasteiger partial charge in [-0.25, -0.2) is 0 Å². The molecule has 0 saturated heterocycles. The Balaban J connectivity index is 2.10. The third-order valence-electron chi connectivity index (χ3n) is 3.15. The standard InChI is InChI=1S/C17H18N2O3/c1-11-10-14(6-9-16(11)18-12(2)20)19-17(21)13-4-7-15(22-3)8-5-13/h4-10H,1-3H3,(H,18,20)(H,19,21). The lowest BCUT2D eigenvalue weighted by Crippen LogP contribution is -2.12. The molecule has 5 heteroatoms. The van der Waals surface area contributed by atoms with Gasteiger partial charge in [0.15, 0.2) is 0 Å². The number of hydrogen-bond acceptors (Lipinski definition) is 3. The third kappa shape index (κ3) is 3.85. The Bertz CT molecular complexity index is 694. The van der Waals surface area contributed by atoms with Crippen molar-refractivity contribution < 1.29 is 14.3 Å². The topological polar surface area (TPSA) is 67.4 Å². The summed E-state index contributed by atoms with van der Waals surface area (Å²) in [6.45, 7) is 3.33. The fourth-order valence-electron chi connectivity index (χ4n) is 2.02. The highest BCUT2D eigenvalue weighted by atomic mass is 16.5. The van der Waals surface area contributed by atoms with Crippen LogP contribution in [0.1, 0.15) is 22.8 Å². The first kappa shape index (κ1) is 15.6. The van der Waals surface area contributed by atoms with Crippen LogP contribution >= 0.6 is 0 Å². The van der Waals surface area contributed by atoms with Crippen molar-refractivity contribution in [3.8, 4) is 5.75 Å². The van der Waals surface area contributed by atoms with Crippen molar-refractivity contribution in [2.75, 3.05) is 17.7 Å². The number of nitrogens with one attached hydrogen (secondary N) is 2. The minimum Gasteiger partial charge on any atom is -0.497 e. The van der Waals surface area contributed by atoms with Crippen LogP contribution in [0.3, 0.4) is 0 Å². The van der Waals surface area contributed by atoms with Crippen LogP contribution in [0.4, 0.5) is 11.4 Å². The van der Waals surface area contributed by atoms with Crippen LogP contribution in [0.2, 0.25) is 0 Å². The molecular formula is C17H18N2O3. The zero-order chi connectivity index (χ0) is 16.1. The van der Waals surface area contributed by atoms with E-state index in [-0.39, 0.29) is 11.8 Å². The molecule has 22 heavy (non-hydrogen) atoms. The van der Waals surface area contributed by atoms with E-state index in [9.17, 15) is 9.59 Å². The minimum atomic E-state index is -0.200. The Morgan fingerprint density at radius 2 is 1.68 bits per heavy atom. The Kier molecular flexibility index (Phi) is 4.78. The van der Waals surface area contributed by atoms with Crippen LogP contribution in [0.15, 0.2) is 42.5 Å². The quantitative estimate of drug-likeness (QED) is 0.910. The number of anilines is 2. The summed E-state index contributed by atoms with van der Waals surface area (Å²) in [5, 5.41) is 5.56. The van der Waals surface area contributed by atoms with E-state index in [0.29, 0.717) is 17.0 Å². The highest BCUT2D eigenvalue weighted by molar-refractivity contribution is 6.04. The Hall–Kier alpha value is -2.82. The maximum atomic E-state index is 12.2. The molecule has 2 N–H and O–H groups in total. The van der Waals surface area contributed by atoms with Crippen LogP contribution in [-0.2, 0) is 4.79 Å². The monoisotopic (exact) mass is 298 g/mol. The second-order valence-electron chi connectivity index (χ2n) is 4.89. The van der Waals surface area contributed by atoms with E-state index < -0.39 is 0 Å². The lowest BCUT2D eigenvalue weighted by Gasteiger charge is -2.10. The summed E-state index contributed by atoms with van der Waals surface area (Å²) in [5.41, 5.74) is 2.83. The van der Waals surface area contributed by atoms with E-state index in [1.807, 2.05) is 13.0 Å². The lowest BCUT2D eigenvalue weighted by atomic mass is 10.1. The van der Waals surface area contributed by atoms with Crippen molar-refractivity contribution in [3.05, 3.63) is 53.6 Å². The summed E-state index contributed by atoms with van der Waals surface area (Å²) in [7, 11) is 1.58. The number of ether oxygens (including phenoxy) is 1. The molecule has 2 amide bonds.